The molecule has 0 radical (unpaired) electrons. The Morgan fingerprint density at radius 3 is 3.06 bits per heavy atom. The average Bonchev–Trinajstić information content (AvgIpc) is 2.35. The van der Waals surface area contributed by atoms with E-state index in [1.54, 1.807) is 12.3 Å². The first-order chi connectivity index (χ1) is 7.69. The molecule has 0 bridgehead atoms. The second kappa shape index (κ2) is 6.48. The number of carbonyl (C=O) groups is 1. The van der Waals surface area contributed by atoms with E-state index >= 15 is 0 Å². The van der Waals surface area contributed by atoms with E-state index in [1.165, 1.54) is 13.3 Å². The molecule has 4 nitrogen and oxygen atoms in total. The van der Waals surface area contributed by atoms with Crippen LogP contribution < -0.4 is 10.1 Å². The molecule has 0 aromatic carbocycles. The summed E-state index contributed by atoms with van der Waals surface area (Å²) < 4.78 is 5.07. The highest BCUT2D eigenvalue weighted by atomic mass is 79.9. The number of hydrogen-bond donors (Lipinski definition) is 1. The van der Waals surface area contributed by atoms with Gasteiger partial charge in [0.2, 0.25) is 0 Å². The van der Waals surface area contributed by atoms with Gasteiger partial charge in [0.15, 0.2) is 0 Å². The Labute approximate surface area is 104 Å². The lowest BCUT2D eigenvalue weighted by atomic mass is 10.2. The van der Waals surface area contributed by atoms with Crippen LogP contribution in [0.15, 0.2) is 18.5 Å². The molecule has 0 aliphatic carbocycles. The minimum Gasteiger partial charge on any atom is -0.494 e. The molecule has 1 aromatic heterocycles. The van der Waals surface area contributed by atoms with Crippen LogP contribution in [0, 0.1) is 5.92 Å². The molecular formula is C11H15BrN2O2. The second-order valence-electron chi connectivity index (χ2n) is 3.55. The van der Waals surface area contributed by atoms with Crippen molar-refractivity contribution < 1.29 is 9.53 Å². The smallest absolute Gasteiger partial charge is 0.255 e. The number of nitrogens with zero attached hydrogens (tertiary/aromatic N) is 1. The molecule has 0 aliphatic heterocycles. The number of ether oxygens (including phenoxy) is 1. The molecule has 16 heavy (non-hydrogen) atoms. The summed E-state index contributed by atoms with van der Waals surface area (Å²) in [5.74, 6) is 0.760. The van der Waals surface area contributed by atoms with E-state index in [1.807, 2.05) is 0 Å². The average molecular weight is 287 g/mol. The van der Waals surface area contributed by atoms with Crippen molar-refractivity contribution in [1.29, 1.82) is 0 Å². The van der Waals surface area contributed by atoms with Crippen molar-refractivity contribution in [3.05, 3.63) is 24.0 Å². The van der Waals surface area contributed by atoms with Crippen LogP contribution in [0.2, 0.25) is 0 Å². The van der Waals surface area contributed by atoms with Crippen LogP contribution in [0.1, 0.15) is 17.3 Å². The highest BCUT2D eigenvalue weighted by molar-refractivity contribution is 9.09. The molecule has 1 unspecified atom stereocenters. The van der Waals surface area contributed by atoms with Crippen LogP contribution in [-0.2, 0) is 0 Å². The number of alkyl halides is 1. The molecule has 0 fully saturated rings. The van der Waals surface area contributed by atoms with E-state index in [4.69, 9.17) is 4.74 Å². The van der Waals surface area contributed by atoms with E-state index in [0.717, 1.165) is 5.33 Å². The zero-order chi connectivity index (χ0) is 12.0. The minimum absolute atomic E-state index is 0.132. The van der Waals surface area contributed by atoms with Crippen molar-refractivity contribution in [1.82, 2.24) is 10.3 Å². The highest BCUT2D eigenvalue weighted by Crippen LogP contribution is 2.15. The van der Waals surface area contributed by atoms with Gasteiger partial charge in [-0.2, -0.15) is 0 Å². The summed E-state index contributed by atoms with van der Waals surface area (Å²) in [5, 5.41) is 3.71. The molecule has 5 heteroatoms. The number of carbonyl (C=O) groups excluding carboxylic acids is 1. The van der Waals surface area contributed by atoms with E-state index < -0.39 is 0 Å². The molecule has 1 N–H and O–H groups in total. The summed E-state index contributed by atoms with van der Waals surface area (Å²) in [6.07, 6.45) is 3.11. The standard InChI is InChI=1S/C11H15BrN2O2/c1-8(5-12)6-14-11(15)9-3-4-13-7-10(9)16-2/h3-4,7-8H,5-6H2,1-2H3,(H,14,15). The largest absolute Gasteiger partial charge is 0.494 e. The maximum absolute atomic E-state index is 11.8. The molecular weight excluding hydrogens is 272 g/mol. The van der Waals surface area contributed by atoms with Crippen molar-refractivity contribution in [3.8, 4) is 5.75 Å². The normalized spacial score (nSPS) is 11.9. The number of halogens is 1. The molecule has 0 saturated heterocycles. The fourth-order valence-electron chi connectivity index (χ4n) is 1.15. The van der Waals surface area contributed by atoms with E-state index in [-0.39, 0.29) is 5.91 Å². The maximum atomic E-state index is 11.8. The highest BCUT2D eigenvalue weighted by Gasteiger charge is 2.12. The fourth-order valence-corrected chi connectivity index (χ4v) is 1.38. The predicted molar refractivity (Wildman–Crippen MR) is 66.1 cm³/mol. The van der Waals surface area contributed by atoms with Crippen LogP contribution in [0.4, 0.5) is 0 Å². The first-order valence-electron chi connectivity index (χ1n) is 5.01. The van der Waals surface area contributed by atoms with Gasteiger partial charge in [-0.15, -0.1) is 0 Å². The number of methoxy groups -OCH3 is 1. The van der Waals surface area contributed by atoms with E-state index in [0.29, 0.717) is 23.8 Å². The Hall–Kier alpha value is -1.10. The lowest BCUT2D eigenvalue weighted by Crippen LogP contribution is -2.29. The number of amides is 1. The van der Waals surface area contributed by atoms with Crippen molar-refractivity contribution in [2.75, 3.05) is 19.0 Å². The molecule has 0 aliphatic rings. The Bertz CT molecular complexity index is 358. The van der Waals surface area contributed by atoms with Gasteiger partial charge in [-0.1, -0.05) is 22.9 Å². The van der Waals surface area contributed by atoms with Gasteiger partial charge in [-0.3, -0.25) is 9.78 Å². The van der Waals surface area contributed by atoms with Gasteiger partial charge in [0.25, 0.3) is 5.91 Å². The number of pyridine rings is 1. The van der Waals surface area contributed by atoms with Gasteiger partial charge in [-0.25, -0.2) is 0 Å². The van der Waals surface area contributed by atoms with Crippen molar-refractivity contribution in [3.63, 3.8) is 0 Å². The van der Waals surface area contributed by atoms with Gasteiger partial charge < -0.3 is 10.1 Å². The van der Waals surface area contributed by atoms with Crippen LogP contribution in [0.5, 0.6) is 5.75 Å². The van der Waals surface area contributed by atoms with Gasteiger partial charge in [0.05, 0.1) is 18.9 Å². The summed E-state index contributed by atoms with van der Waals surface area (Å²) in [6, 6.07) is 1.65. The SMILES string of the molecule is COc1cnccc1C(=O)NCC(C)CBr. The van der Waals surface area contributed by atoms with Crippen molar-refractivity contribution >= 4 is 21.8 Å². The summed E-state index contributed by atoms with van der Waals surface area (Å²) in [6.45, 7) is 2.69. The third-order valence-corrected chi connectivity index (χ3v) is 3.23. The van der Waals surface area contributed by atoms with E-state index in [9.17, 15) is 4.79 Å². The summed E-state index contributed by atoms with van der Waals surface area (Å²) in [7, 11) is 1.52. The minimum atomic E-state index is -0.132. The third-order valence-electron chi connectivity index (χ3n) is 2.12. The zero-order valence-corrected chi connectivity index (χ0v) is 11.0. The Morgan fingerprint density at radius 2 is 2.44 bits per heavy atom. The number of nitrogens with one attached hydrogen (secondary N) is 1. The molecule has 88 valence electrons. The van der Waals surface area contributed by atoms with Gasteiger partial charge in [0.1, 0.15) is 5.75 Å². The summed E-state index contributed by atoms with van der Waals surface area (Å²) in [4.78, 5) is 15.7. The third kappa shape index (κ3) is 3.48. The van der Waals surface area contributed by atoms with Gasteiger partial charge in [-0.05, 0) is 12.0 Å². The Balaban J connectivity index is 2.65. The molecule has 0 spiro atoms. The lowest BCUT2D eigenvalue weighted by molar-refractivity contribution is 0.0946. The van der Waals surface area contributed by atoms with Crippen LogP contribution in [-0.4, -0.2) is 29.9 Å². The molecule has 0 saturated carbocycles. The summed E-state index contributed by atoms with van der Waals surface area (Å²) >= 11 is 3.36. The predicted octanol–water partition coefficient (Wildman–Crippen LogP) is 1.85. The van der Waals surface area contributed by atoms with Crippen molar-refractivity contribution in [2.45, 2.75) is 6.92 Å². The number of aromatic nitrogens is 1. The quantitative estimate of drug-likeness (QED) is 0.841. The van der Waals surface area contributed by atoms with Crippen LogP contribution in [0.3, 0.4) is 0 Å². The first kappa shape index (κ1) is 13.0. The van der Waals surface area contributed by atoms with Crippen molar-refractivity contribution in [2.24, 2.45) is 5.92 Å². The van der Waals surface area contributed by atoms with E-state index in [2.05, 4.69) is 33.2 Å². The Kier molecular flexibility index (Phi) is 5.25. The van der Waals surface area contributed by atoms with Crippen LogP contribution in [0.25, 0.3) is 0 Å². The van der Waals surface area contributed by atoms with Crippen LogP contribution >= 0.6 is 15.9 Å². The fraction of sp³-hybridized carbons (Fsp3) is 0.455. The Morgan fingerprint density at radius 1 is 1.69 bits per heavy atom. The molecule has 1 amide bonds. The molecule has 1 aromatic rings. The molecule has 1 rings (SSSR count). The monoisotopic (exact) mass is 286 g/mol. The molecule has 1 heterocycles. The lowest BCUT2D eigenvalue weighted by Gasteiger charge is -2.11. The topological polar surface area (TPSA) is 51.2 Å². The maximum Gasteiger partial charge on any atom is 0.255 e. The number of rotatable bonds is 5. The van der Waals surface area contributed by atoms with Gasteiger partial charge in [0, 0.05) is 18.1 Å². The first-order valence-corrected chi connectivity index (χ1v) is 6.13. The number of hydrogen-bond acceptors (Lipinski definition) is 3. The summed E-state index contributed by atoms with van der Waals surface area (Å²) in [5.41, 5.74) is 0.513. The molecule has 1 atom stereocenters. The van der Waals surface area contributed by atoms with Gasteiger partial charge >= 0.3 is 0 Å². The zero-order valence-electron chi connectivity index (χ0n) is 9.37. The second-order valence-corrected chi connectivity index (χ2v) is 4.19.